The highest BCUT2D eigenvalue weighted by Gasteiger charge is 1.87. The number of methoxy groups -OCH3 is 1. The maximum atomic E-state index is 10.3. The molecule has 0 aliphatic carbocycles. The number of hydrogen-bond acceptors (Lipinski definition) is 4. The van der Waals surface area contributed by atoms with Gasteiger partial charge in [-0.3, -0.25) is 0 Å². The first-order chi connectivity index (χ1) is 5.31. The van der Waals surface area contributed by atoms with E-state index in [0.717, 1.165) is 0 Å². The van der Waals surface area contributed by atoms with Gasteiger partial charge in [0.1, 0.15) is 19.5 Å². The fourth-order valence-electron chi connectivity index (χ4n) is 0.317. The molecule has 0 saturated carbocycles. The van der Waals surface area contributed by atoms with Crippen LogP contribution in [0, 0.1) is 11.8 Å². The van der Waals surface area contributed by atoms with E-state index in [4.69, 9.17) is 0 Å². The van der Waals surface area contributed by atoms with E-state index >= 15 is 0 Å². The molecule has 0 N–H and O–H groups in total. The van der Waals surface area contributed by atoms with Crippen molar-refractivity contribution < 1.29 is 19.1 Å². The highest BCUT2D eigenvalue weighted by molar-refractivity contribution is 5.88. The maximum absolute atomic E-state index is 10.3. The van der Waals surface area contributed by atoms with Crippen molar-refractivity contribution in [1.29, 1.82) is 0 Å². The Kier molecular flexibility index (Phi) is 5.95. The molecule has 0 unspecified atom stereocenters. The van der Waals surface area contributed by atoms with Crippen molar-refractivity contribution >= 4 is 12.3 Å². The molecule has 0 bridgehead atoms. The topological polar surface area (TPSA) is 52.6 Å². The zero-order valence-corrected chi connectivity index (χ0v) is 6.12. The highest BCUT2D eigenvalue weighted by atomic mass is 16.5. The van der Waals surface area contributed by atoms with Crippen LogP contribution in [0.4, 0.5) is 0 Å². The minimum absolute atomic E-state index is 0.00411. The summed E-state index contributed by atoms with van der Waals surface area (Å²) in [5, 5.41) is 0. The molecule has 0 rings (SSSR count). The van der Waals surface area contributed by atoms with Crippen LogP contribution < -0.4 is 0 Å². The predicted octanol–water partition coefficient (Wildman–Crippen LogP) is -0.622. The number of ether oxygens (including phenoxy) is 2. The SMILES string of the molecule is COC(=O)C#CCOCC=O. The number of carbonyl (C=O) groups is 2. The lowest BCUT2D eigenvalue weighted by Gasteiger charge is -1.88. The van der Waals surface area contributed by atoms with E-state index in [1.165, 1.54) is 7.11 Å². The summed E-state index contributed by atoms with van der Waals surface area (Å²) in [5.74, 6) is 3.89. The Bertz CT molecular complexity index is 186. The van der Waals surface area contributed by atoms with Crippen molar-refractivity contribution in [1.82, 2.24) is 0 Å². The van der Waals surface area contributed by atoms with Crippen LogP contribution in [0.1, 0.15) is 0 Å². The maximum Gasteiger partial charge on any atom is 0.384 e. The molecule has 11 heavy (non-hydrogen) atoms. The minimum atomic E-state index is -0.611. The van der Waals surface area contributed by atoms with Crippen LogP contribution >= 0.6 is 0 Å². The summed E-state index contributed by atoms with van der Waals surface area (Å²) in [7, 11) is 1.24. The van der Waals surface area contributed by atoms with Crippen LogP contribution in [-0.2, 0) is 19.1 Å². The second kappa shape index (κ2) is 6.78. The number of carbonyl (C=O) groups excluding carboxylic acids is 2. The molecule has 0 atom stereocenters. The van der Waals surface area contributed by atoms with Gasteiger partial charge in [-0.1, -0.05) is 5.92 Å². The third-order valence-electron chi connectivity index (χ3n) is 0.736. The average Bonchev–Trinajstić information content (AvgIpc) is 2.04. The molecule has 0 spiro atoms. The zero-order valence-electron chi connectivity index (χ0n) is 6.12. The van der Waals surface area contributed by atoms with E-state index in [9.17, 15) is 9.59 Å². The standard InChI is InChI=1S/C7H8O4/c1-10-7(9)3-2-5-11-6-4-8/h4H,5-6H2,1H3. The van der Waals surface area contributed by atoms with Crippen LogP contribution in [0.3, 0.4) is 0 Å². The number of rotatable bonds is 3. The average molecular weight is 156 g/mol. The summed E-state index contributed by atoms with van der Waals surface area (Å²) in [6.45, 7) is 0.0592. The lowest BCUT2D eigenvalue weighted by atomic mass is 10.6. The molecule has 0 aliphatic heterocycles. The molecule has 0 radical (unpaired) electrons. The molecule has 60 valence electrons. The summed E-state index contributed by atoms with van der Waals surface area (Å²) in [6.07, 6.45) is 0.611. The first-order valence-corrected chi connectivity index (χ1v) is 2.89. The predicted molar refractivity (Wildman–Crippen MR) is 36.7 cm³/mol. The van der Waals surface area contributed by atoms with Crippen molar-refractivity contribution in [2.24, 2.45) is 0 Å². The summed E-state index contributed by atoms with van der Waals surface area (Å²) in [5.41, 5.74) is 0. The third-order valence-corrected chi connectivity index (χ3v) is 0.736. The van der Waals surface area contributed by atoms with Gasteiger partial charge in [0.2, 0.25) is 0 Å². The molecule has 0 aromatic rings. The molecule has 0 fully saturated rings. The molecule has 0 aromatic carbocycles. The van der Waals surface area contributed by atoms with Gasteiger partial charge in [0.05, 0.1) is 7.11 Å². The highest BCUT2D eigenvalue weighted by Crippen LogP contribution is 1.70. The second-order valence-electron chi connectivity index (χ2n) is 1.48. The monoisotopic (exact) mass is 156 g/mol. The van der Waals surface area contributed by atoms with E-state index < -0.39 is 5.97 Å². The lowest BCUT2D eigenvalue weighted by Crippen LogP contribution is -1.98. The van der Waals surface area contributed by atoms with Gasteiger partial charge in [0.25, 0.3) is 0 Å². The minimum Gasteiger partial charge on any atom is -0.459 e. The first-order valence-electron chi connectivity index (χ1n) is 2.89. The van der Waals surface area contributed by atoms with Gasteiger partial charge < -0.3 is 14.3 Å². The molecular formula is C7H8O4. The molecule has 0 heterocycles. The molecule has 0 aliphatic rings. The van der Waals surface area contributed by atoms with Crippen molar-refractivity contribution in [2.45, 2.75) is 0 Å². The normalized spacial score (nSPS) is 7.73. The summed E-state index contributed by atoms with van der Waals surface area (Å²) >= 11 is 0. The number of esters is 1. The van der Waals surface area contributed by atoms with E-state index in [1.54, 1.807) is 0 Å². The van der Waals surface area contributed by atoms with Crippen molar-refractivity contribution in [2.75, 3.05) is 20.3 Å². The Hall–Kier alpha value is -1.34. The summed E-state index contributed by atoms with van der Waals surface area (Å²) in [6, 6.07) is 0. The Balaban J connectivity index is 3.39. The molecular weight excluding hydrogens is 148 g/mol. The van der Waals surface area contributed by atoms with Crippen LogP contribution in [0.15, 0.2) is 0 Å². The van der Waals surface area contributed by atoms with Gasteiger partial charge in [-0.15, -0.1) is 0 Å². The second-order valence-corrected chi connectivity index (χ2v) is 1.48. The van der Waals surface area contributed by atoms with Crippen molar-refractivity contribution in [3.05, 3.63) is 0 Å². The molecule has 0 aromatic heterocycles. The Morgan fingerprint density at radius 2 is 2.36 bits per heavy atom. The first kappa shape index (κ1) is 9.66. The fraction of sp³-hybridized carbons (Fsp3) is 0.429. The van der Waals surface area contributed by atoms with Crippen LogP contribution in [-0.4, -0.2) is 32.6 Å². The Morgan fingerprint density at radius 1 is 1.64 bits per heavy atom. The quantitative estimate of drug-likeness (QED) is 0.180. The van der Waals surface area contributed by atoms with E-state index in [1.807, 2.05) is 0 Å². The van der Waals surface area contributed by atoms with Crippen LogP contribution in [0.2, 0.25) is 0 Å². The Labute approximate surface area is 64.5 Å². The largest absolute Gasteiger partial charge is 0.459 e. The van der Waals surface area contributed by atoms with Crippen molar-refractivity contribution in [3.8, 4) is 11.8 Å². The van der Waals surface area contributed by atoms with Crippen molar-refractivity contribution in [3.63, 3.8) is 0 Å². The summed E-state index contributed by atoms with van der Waals surface area (Å²) in [4.78, 5) is 20.0. The molecule has 0 saturated heterocycles. The zero-order chi connectivity index (χ0) is 8.53. The van der Waals surface area contributed by atoms with Crippen LogP contribution in [0.25, 0.3) is 0 Å². The van der Waals surface area contributed by atoms with Gasteiger partial charge in [-0.2, -0.15) is 0 Å². The molecule has 4 heteroatoms. The van der Waals surface area contributed by atoms with E-state index in [-0.39, 0.29) is 13.2 Å². The smallest absolute Gasteiger partial charge is 0.384 e. The van der Waals surface area contributed by atoms with Gasteiger partial charge >= 0.3 is 5.97 Å². The van der Waals surface area contributed by atoms with E-state index in [0.29, 0.717) is 6.29 Å². The van der Waals surface area contributed by atoms with E-state index in [2.05, 4.69) is 21.3 Å². The number of aldehydes is 1. The number of hydrogen-bond donors (Lipinski definition) is 0. The lowest BCUT2D eigenvalue weighted by molar-refractivity contribution is -0.133. The molecule has 4 nitrogen and oxygen atoms in total. The third kappa shape index (κ3) is 6.55. The molecule has 0 amide bonds. The fourth-order valence-corrected chi connectivity index (χ4v) is 0.317. The van der Waals surface area contributed by atoms with Gasteiger partial charge in [0.15, 0.2) is 0 Å². The Morgan fingerprint density at radius 3 is 2.91 bits per heavy atom. The van der Waals surface area contributed by atoms with Gasteiger partial charge in [-0.05, 0) is 0 Å². The van der Waals surface area contributed by atoms with Gasteiger partial charge in [0, 0.05) is 5.92 Å². The van der Waals surface area contributed by atoms with Gasteiger partial charge in [-0.25, -0.2) is 4.79 Å². The summed E-state index contributed by atoms with van der Waals surface area (Å²) < 4.78 is 8.85. The van der Waals surface area contributed by atoms with Crippen LogP contribution in [0.5, 0.6) is 0 Å².